The largest absolute Gasteiger partial charge is 0.394 e. The van der Waals surface area contributed by atoms with Gasteiger partial charge in [-0.1, -0.05) is 25.1 Å². The Bertz CT molecular complexity index is 1110. The number of nitrogens with one attached hydrogen (secondary N) is 1. The first-order valence-corrected chi connectivity index (χ1v) is 10.2. The summed E-state index contributed by atoms with van der Waals surface area (Å²) in [6.07, 6.45) is -3.94. The fraction of sp³-hybridized carbons (Fsp3) is 0.429. The van der Waals surface area contributed by atoms with Gasteiger partial charge in [-0.25, -0.2) is 15.0 Å². The molecule has 3 aromatic rings. The van der Waals surface area contributed by atoms with Gasteiger partial charge in [-0.05, 0) is 12.1 Å². The molecule has 10 nitrogen and oxygen atoms in total. The fourth-order valence-corrected chi connectivity index (χ4v) is 3.75. The van der Waals surface area contributed by atoms with Crippen LogP contribution >= 0.6 is 0 Å². The Balaban J connectivity index is 1.66. The summed E-state index contributed by atoms with van der Waals surface area (Å²) < 4.78 is 45.3. The number of carbonyl (C=O) groups excluding carboxylic acids is 1. The first-order chi connectivity index (χ1) is 15.8. The van der Waals surface area contributed by atoms with Crippen LogP contribution in [-0.2, 0) is 14.2 Å². The lowest BCUT2D eigenvalue weighted by Gasteiger charge is -2.27. The van der Waals surface area contributed by atoms with E-state index in [1.807, 2.05) is 0 Å². The van der Waals surface area contributed by atoms with Gasteiger partial charge in [-0.15, -0.1) is 0 Å². The number of halogens is 2. The molecule has 1 amide bonds. The van der Waals surface area contributed by atoms with E-state index in [1.54, 1.807) is 37.3 Å². The number of alkyl halides is 2. The second-order valence-electron chi connectivity index (χ2n) is 7.63. The molecule has 1 aliphatic rings. The minimum Gasteiger partial charge on any atom is -0.394 e. The first-order valence-electron chi connectivity index (χ1n) is 10.2. The van der Waals surface area contributed by atoms with E-state index in [4.69, 9.17) is 9.47 Å². The Hall–Kier alpha value is -3.06. The average Bonchev–Trinajstić information content (AvgIpc) is 3.36. The lowest BCUT2D eigenvalue weighted by Crippen LogP contribution is -2.38. The predicted molar refractivity (Wildman–Crippen MR) is 112 cm³/mol. The van der Waals surface area contributed by atoms with Crippen LogP contribution in [0.25, 0.3) is 11.2 Å². The third-order valence-corrected chi connectivity index (χ3v) is 5.40. The zero-order valence-electron chi connectivity index (χ0n) is 17.9. The van der Waals surface area contributed by atoms with Gasteiger partial charge in [0.15, 0.2) is 23.2 Å². The number of rotatable bonds is 8. The van der Waals surface area contributed by atoms with Crippen molar-refractivity contribution in [3.63, 3.8) is 0 Å². The van der Waals surface area contributed by atoms with Crippen LogP contribution in [0.1, 0.15) is 23.5 Å². The van der Waals surface area contributed by atoms with Crippen LogP contribution in [0.4, 0.5) is 14.6 Å². The molecule has 0 unspecified atom stereocenters. The molecular weight excluding hydrogens is 440 g/mol. The molecule has 1 saturated heterocycles. The van der Waals surface area contributed by atoms with Crippen molar-refractivity contribution in [1.29, 1.82) is 0 Å². The van der Waals surface area contributed by atoms with Gasteiger partial charge < -0.3 is 24.6 Å². The highest BCUT2D eigenvalue weighted by atomic mass is 19.3. The molecule has 33 heavy (non-hydrogen) atoms. The third-order valence-electron chi connectivity index (χ3n) is 5.40. The fourth-order valence-electron chi connectivity index (χ4n) is 3.75. The van der Waals surface area contributed by atoms with Crippen molar-refractivity contribution in [2.75, 3.05) is 25.6 Å². The smallest absolute Gasteiger partial charge is 0.379 e. The number of anilines is 1. The molecule has 0 bridgehead atoms. The highest BCUT2D eigenvalue weighted by molar-refractivity contribution is 6.06. The maximum absolute atomic E-state index is 14.2. The number of benzene rings is 1. The van der Waals surface area contributed by atoms with Gasteiger partial charge in [-0.3, -0.25) is 9.36 Å². The molecule has 1 aromatic carbocycles. The van der Waals surface area contributed by atoms with Crippen molar-refractivity contribution < 1.29 is 32.9 Å². The predicted octanol–water partition coefficient (Wildman–Crippen LogP) is 2.23. The quantitative estimate of drug-likeness (QED) is 0.522. The van der Waals surface area contributed by atoms with Gasteiger partial charge in [0.05, 0.1) is 19.0 Å². The van der Waals surface area contributed by atoms with Gasteiger partial charge in [0, 0.05) is 18.6 Å². The summed E-state index contributed by atoms with van der Waals surface area (Å²) in [7, 11) is 1.14. The van der Waals surface area contributed by atoms with Crippen LogP contribution in [0.15, 0.2) is 43.0 Å². The van der Waals surface area contributed by atoms with Crippen molar-refractivity contribution in [1.82, 2.24) is 19.5 Å². The van der Waals surface area contributed by atoms with Crippen molar-refractivity contribution >= 4 is 22.9 Å². The van der Waals surface area contributed by atoms with E-state index in [1.165, 1.54) is 17.2 Å². The monoisotopic (exact) mass is 463 g/mol. The minimum absolute atomic E-state index is 0.152. The number of aliphatic hydroxyl groups is 1. The number of ether oxygens (including phenoxy) is 3. The Morgan fingerprint density at radius 1 is 1.27 bits per heavy atom. The summed E-state index contributed by atoms with van der Waals surface area (Å²) in [5.74, 6) is -0.810. The highest BCUT2D eigenvalue weighted by Gasteiger charge is 2.49. The number of fused-ring (bicyclic) bond motifs is 1. The number of imidazole rings is 1. The van der Waals surface area contributed by atoms with E-state index >= 15 is 0 Å². The van der Waals surface area contributed by atoms with E-state index < -0.39 is 43.0 Å². The molecule has 2 aromatic heterocycles. The Kier molecular flexibility index (Phi) is 6.61. The summed E-state index contributed by atoms with van der Waals surface area (Å²) in [4.78, 5) is 25.1. The van der Waals surface area contributed by atoms with Crippen molar-refractivity contribution in [2.45, 2.75) is 31.5 Å². The molecular formula is C21H23F2N5O5. The van der Waals surface area contributed by atoms with Crippen molar-refractivity contribution in [2.24, 2.45) is 5.92 Å². The number of aliphatic hydroxyl groups excluding tert-OH is 1. The normalized spacial score (nSPS) is 23.2. The summed E-state index contributed by atoms with van der Waals surface area (Å²) in [5, 5.41) is 12.3. The van der Waals surface area contributed by atoms with Gasteiger partial charge in [0.1, 0.15) is 19.0 Å². The lowest BCUT2D eigenvalue weighted by atomic mass is 10.0. The summed E-state index contributed by atoms with van der Waals surface area (Å²) >= 11 is 0. The molecule has 0 spiro atoms. The lowest BCUT2D eigenvalue weighted by molar-refractivity contribution is -0.296. The second kappa shape index (κ2) is 9.43. The first kappa shape index (κ1) is 23.1. The Morgan fingerprint density at radius 3 is 2.73 bits per heavy atom. The number of aromatic nitrogens is 4. The molecule has 176 valence electrons. The molecule has 1 fully saturated rings. The molecule has 0 radical (unpaired) electrons. The van der Waals surface area contributed by atoms with E-state index in [-0.39, 0.29) is 23.6 Å². The summed E-state index contributed by atoms with van der Waals surface area (Å²) in [5.41, 5.74) is 0.914. The Morgan fingerprint density at radius 2 is 2.03 bits per heavy atom. The van der Waals surface area contributed by atoms with Crippen molar-refractivity contribution in [3.05, 3.63) is 48.5 Å². The van der Waals surface area contributed by atoms with Crippen LogP contribution < -0.4 is 5.32 Å². The number of methoxy groups -OCH3 is 1. The standard InChI is InChI=1S/C21H23F2N5O5/c1-12-14(8-29)32-20(16(12)33-21(22,23)9-31-2)28-11-26-15-17(24-10-25-18(15)28)27-19(30)13-6-4-3-5-7-13/h3-7,10-12,14,16,20,29H,8-9H2,1-2H3,(H,24,25,27,30)/t12-,14-,16-,20-/m1/s1. The van der Waals surface area contributed by atoms with Crippen LogP contribution in [-0.4, -0.2) is 69.2 Å². The molecule has 2 N–H and O–H groups in total. The highest BCUT2D eigenvalue weighted by Crippen LogP contribution is 2.40. The van der Waals surface area contributed by atoms with Crippen molar-refractivity contribution in [3.8, 4) is 0 Å². The van der Waals surface area contributed by atoms with E-state index in [0.29, 0.717) is 5.56 Å². The summed E-state index contributed by atoms with van der Waals surface area (Å²) in [6, 6.07) is 8.55. The van der Waals surface area contributed by atoms with Gasteiger partial charge >= 0.3 is 6.11 Å². The average molecular weight is 463 g/mol. The van der Waals surface area contributed by atoms with Gasteiger partial charge in [0.25, 0.3) is 5.91 Å². The maximum Gasteiger partial charge on any atom is 0.379 e. The van der Waals surface area contributed by atoms with Gasteiger partial charge in [0.2, 0.25) is 0 Å². The molecule has 1 aliphatic heterocycles. The third kappa shape index (κ3) is 4.69. The minimum atomic E-state index is -3.57. The number of nitrogens with zero attached hydrogens (tertiary/aromatic N) is 4. The van der Waals surface area contributed by atoms with E-state index in [9.17, 15) is 18.7 Å². The van der Waals surface area contributed by atoms with E-state index in [0.717, 1.165) is 7.11 Å². The molecule has 12 heteroatoms. The SMILES string of the molecule is COCC(F)(F)O[C@@H]1[C@H](C)[C@@H](CO)O[C@H]1n1cnc2c(NC(=O)c3ccccc3)ncnc21. The Labute approximate surface area is 187 Å². The molecule has 4 rings (SSSR count). The van der Waals surface area contributed by atoms with E-state index in [2.05, 4.69) is 25.0 Å². The molecule has 0 aliphatic carbocycles. The number of carbonyl (C=O) groups is 1. The zero-order valence-corrected chi connectivity index (χ0v) is 17.9. The molecule has 3 heterocycles. The van der Waals surface area contributed by atoms with Crippen LogP contribution in [0, 0.1) is 5.92 Å². The van der Waals surface area contributed by atoms with Crippen LogP contribution in [0.2, 0.25) is 0 Å². The maximum atomic E-state index is 14.2. The topological polar surface area (TPSA) is 121 Å². The number of hydrogen-bond donors (Lipinski definition) is 2. The van der Waals surface area contributed by atoms with Gasteiger partial charge in [-0.2, -0.15) is 8.78 Å². The molecule has 0 saturated carbocycles. The van der Waals surface area contributed by atoms with Crippen LogP contribution in [0.5, 0.6) is 0 Å². The number of amides is 1. The number of hydrogen-bond acceptors (Lipinski definition) is 8. The summed E-state index contributed by atoms with van der Waals surface area (Å²) in [6.45, 7) is 0.330. The molecule has 4 atom stereocenters. The zero-order chi connectivity index (χ0) is 23.6. The second-order valence-corrected chi connectivity index (χ2v) is 7.63. The van der Waals surface area contributed by atoms with Crippen LogP contribution in [0.3, 0.4) is 0 Å².